The van der Waals surface area contributed by atoms with Crippen LogP contribution in [0.2, 0.25) is 0 Å². The molecule has 0 radical (unpaired) electrons. The summed E-state index contributed by atoms with van der Waals surface area (Å²) in [5, 5.41) is 6.28. The van der Waals surface area contributed by atoms with E-state index in [0.29, 0.717) is 0 Å². The van der Waals surface area contributed by atoms with E-state index in [1.807, 2.05) is 14.1 Å². The van der Waals surface area contributed by atoms with Crippen molar-refractivity contribution < 1.29 is 0 Å². The highest BCUT2D eigenvalue weighted by Crippen LogP contribution is 2.20. The number of benzene rings is 2. The number of nitrogens with zero attached hydrogens (tertiary/aromatic N) is 4. The van der Waals surface area contributed by atoms with Crippen LogP contribution in [0.15, 0.2) is 48.5 Å². The second-order valence-electron chi connectivity index (χ2n) is 8.31. The van der Waals surface area contributed by atoms with E-state index in [0.717, 1.165) is 39.3 Å². The number of hydrogen-bond donors (Lipinski definition) is 2. The van der Waals surface area contributed by atoms with Crippen molar-refractivity contribution in [3.05, 3.63) is 48.5 Å². The molecular weight excluding hydrogens is 384 g/mol. The molecule has 170 valence electrons. The standard InChI is InChI=1S/C13H21N3.C12H19N3/c1-3-15-8-10-16(11-9-15)13-6-4-12(14-2)5-7-13;1-13-11-3-5-12(6-4-11)15-9-7-14(2)8-10-15/h4-7,14H,3,8-11H2,1-2H3;3-6,13H,7-10H2,1-2H3. The Morgan fingerprint density at radius 2 is 1.00 bits per heavy atom. The van der Waals surface area contributed by atoms with Gasteiger partial charge in [-0.15, -0.1) is 0 Å². The van der Waals surface area contributed by atoms with Crippen molar-refractivity contribution in [2.24, 2.45) is 0 Å². The van der Waals surface area contributed by atoms with Gasteiger partial charge in [0.1, 0.15) is 0 Å². The molecule has 0 amide bonds. The van der Waals surface area contributed by atoms with E-state index in [9.17, 15) is 0 Å². The van der Waals surface area contributed by atoms with Crippen LogP contribution in [0.25, 0.3) is 0 Å². The Balaban J connectivity index is 0.000000176. The lowest BCUT2D eigenvalue weighted by atomic mass is 10.2. The maximum Gasteiger partial charge on any atom is 0.0368 e. The third kappa shape index (κ3) is 6.77. The average molecular weight is 425 g/mol. The minimum atomic E-state index is 1.13. The van der Waals surface area contributed by atoms with E-state index >= 15 is 0 Å². The summed E-state index contributed by atoms with van der Waals surface area (Å²) in [5.41, 5.74) is 5.03. The summed E-state index contributed by atoms with van der Waals surface area (Å²) in [6.07, 6.45) is 0. The number of nitrogens with one attached hydrogen (secondary N) is 2. The molecule has 2 saturated heterocycles. The Morgan fingerprint density at radius 1 is 0.613 bits per heavy atom. The van der Waals surface area contributed by atoms with Gasteiger partial charge in [-0.2, -0.15) is 0 Å². The van der Waals surface area contributed by atoms with Gasteiger partial charge in [-0.1, -0.05) is 6.92 Å². The molecule has 0 spiro atoms. The highest BCUT2D eigenvalue weighted by molar-refractivity contribution is 5.56. The highest BCUT2D eigenvalue weighted by atomic mass is 15.3. The predicted molar refractivity (Wildman–Crippen MR) is 136 cm³/mol. The van der Waals surface area contributed by atoms with E-state index in [1.165, 1.54) is 42.4 Å². The molecule has 4 rings (SSSR count). The van der Waals surface area contributed by atoms with Gasteiger partial charge < -0.3 is 30.2 Å². The van der Waals surface area contributed by atoms with Crippen LogP contribution < -0.4 is 20.4 Å². The van der Waals surface area contributed by atoms with Crippen molar-refractivity contribution in [3.8, 4) is 0 Å². The van der Waals surface area contributed by atoms with Gasteiger partial charge in [0.15, 0.2) is 0 Å². The van der Waals surface area contributed by atoms with Crippen LogP contribution in [0.1, 0.15) is 6.92 Å². The third-order valence-electron chi connectivity index (χ3n) is 6.37. The fourth-order valence-electron chi connectivity index (χ4n) is 4.06. The van der Waals surface area contributed by atoms with Crippen molar-refractivity contribution in [1.29, 1.82) is 0 Å². The zero-order valence-corrected chi connectivity index (χ0v) is 19.8. The predicted octanol–water partition coefficient (Wildman–Crippen LogP) is 3.35. The molecule has 0 aliphatic carbocycles. The Bertz CT molecular complexity index is 745. The maximum absolute atomic E-state index is 3.15. The van der Waals surface area contributed by atoms with E-state index in [2.05, 4.69) is 92.7 Å². The zero-order valence-electron chi connectivity index (χ0n) is 19.8. The lowest BCUT2D eigenvalue weighted by Gasteiger charge is -2.35. The van der Waals surface area contributed by atoms with Crippen LogP contribution in [-0.2, 0) is 0 Å². The monoisotopic (exact) mass is 424 g/mol. The molecule has 6 nitrogen and oxygen atoms in total. The van der Waals surface area contributed by atoms with Crippen molar-refractivity contribution in [2.45, 2.75) is 6.92 Å². The molecule has 6 heteroatoms. The van der Waals surface area contributed by atoms with Crippen LogP contribution in [0.5, 0.6) is 0 Å². The van der Waals surface area contributed by atoms with Crippen molar-refractivity contribution in [1.82, 2.24) is 9.80 Å². The summed E-state index contributed by atoms with van der Waals surface area (Å²) in [7, 11) is 6.08. The topological polar surface area (TPSA) is 37.0 Å². The first-order valence-electron chi connectivity index (χ1n) is 11.6. The largest absolute Gasteiger partial charge is 0.388 e. The molecule has 0 saturated carbocycles. The van der Waals surface area contributed by atoms with Gasteiger partial charge in [0.25, 0.3) is 0 Å². The first-order chi connectivity index (χ1) is 15.1. The molecule has 0 unspecified atom stereocenters. The Labute approximate surface area is 188 Å². The number of piperazine rings is 2. The lowest BCUT2D eigenvalue weighted by molar-refractivity contribution is 0.271. The van der Waals surface area contributed by atoms with Gasteiger partial charge in [-0.25, -0.2) is 0 Å². The molecule has 2 aromatic carbocycles. The number of hydrogen-bond acceptors (Lipinski definition) is 6. The average Bonchev–Trinajstić information content (AvgIpc) is 2.85. The van der Waals surface area contributed by atoms with Gasteiger partial charge in [0.2, 0.25) is 0 Å². The number of rotatable bonds is 5. The summed E-state index contributed by atoms with van der Waals surface area (Å²) in [5.74, 6) is 0. The van der Waals surface area contributed by atoms with Crippen LogP contribution in [0.4, 0.5) is 22.7 Å². The van der Waals surface area contributed by atoms with Crippen LogP contribution in [0, 0.1) is 0 Å². The molecule has 0 atom stereocenters. The molecule has 2 aliphatic rings. The van der Waals surface area contributed by atoms with Gasteiger partial charge in [-0.05, 0) is 62.1 Å². The molecule has 0 bridgehead atoms. The van der Waals surface area contributed by atoms with E-state index in [4.69, 9.17) is 0 Å². The lowest BCUT2D eigenvalue weighted by Crippen LogP contribution is -2.46. The molecule has 2 aliphatic heterocycles. The smallest absolute Gasteiger partial charge is 0.0368 e. The SMILES string of the molecule is CCN1CCN(c2ccc(NC)cc2)CC1.CNc1ccc(N2CCN(C)CC2)cc1. The Kier molecular flexibility index (Phi) is 8.85. The summed E-state index contributed by atoms with van der Waals surface area (Å²) >= 11 is 0. The summed E-state index contributed by atoms with van der Waals surface area (Å²) in [6, 6.07) is 17.3. The molecular formula is C25H40N6. The minimum absolute atomic E-state index is 1.13. The number of likely N-dealkylation sites (N-methyl/N-ethyl adjacent to an activating group) is 2. The van der Waals surface area contributed by atoms with E-state index in [1.54, 1.807) is 0 Å². The minimum Gasteiger partial charge on any atom is -0.388 e. The first kappa shape index (κ1) is 23.2. The fraction of sp³-hybridized carbons (Fsp3) is 0.520. The molecule has 0 aromatic heterocycles. The van der Waals surface area contributed by atoms with Crippen molar-refractivity contribution in [3.63, 3.8) is 0 Å². The summed E-state index contributed by atoms with van der Waals surface area (Å²) < 4.78 is 0. The second-order valence-corrected chi connectivity index (χ2v) is 8.31. The van der Waals surface area contributed by atoms with Crippen LogP contribution >= 0.6 is 0 Å². The van der Waals surface area contributed by atoms with Crippen molar-refractivity contribution in [2.75, 3.05) is 100 Å². The fourth-order valence-corrected chi connectivity index (χ4v) is 4.06. The van der Waals surface area contributed by atoms with Crippen LogP contribution in [0.3, 0.4) is 0 Å². The second kappa shape index (κ2) is 11.8. The maximum atomic E-state index is 3.15. The van der Waals surface area contributed by atoms with Crippen LogP contribution in [-0.4, -0.2) is 89.8 Å². The summed E-state index contributed by atoms with van der Waals surface area (Å²) in [4.78, 5) is 9.78. The molecule has 2 fully saturated rings. The van der Waals surface area contributed by atoms with E-state index in [-0.39, 0.29) is 0 Å². The van der Waals surface area contributed by atoms with Gasteiger partial charge >= 0.3 is 0 Å². The van der Waals surface area contributed by atoms with Gasteiger partial charge in [-0.3, -0.25) is 0 Å². The normalized spacial score (nSPS) is 17.7. The first-order valence-corrected chi connectivity index (χ1v) is 11.6. The zero-order chi connectivity index (χ0) is 22.1. The number of anilines is 4. The Hall–Kier alpha value is -2.44. The molecule has 2 N–H and O–H groups in total. The quantitative estimate of drug-likeness (QED) is 0.767. The molecule has 2 aromatic rings. The van der Waals surface area contributed by atoms with Gasteiger partial charge in [0, 0.05) is 89.2 Å². The summed E-state index contributed by atoms with van der Waals surface area (Å²) in [6.45, 7) is 12.7. The van der Waals surface area contributed by atoms with E-state index < -0.39 is 0 Å². The highest BCUT2D eigenvalue weighted by Gasteiger charge is 2.15. The Morgan fingerprint density at radius 3 is 1.35 bits per heavy atom. The molecule has 31 heavy (non-hydrogen) atoms. The van der Waals surface area contributed by atoms with Crippen molar-refractivity contribution >= 4 is 22.7 Å². The molecule has 2 heterocycles. The van der Waals surface area contributed by atoms with Gasteiger partial charge in [0.05, 0.1) is 0 Å². The third-order valence-corrected chi connectivity index (χ3v) is 6.37.